The molecule has 0 amide bonds. The molecular weight excluding hydrogens is 415 g/mol. The molecule has 6 nitrogen and oxygen atoms in total. The predicted molar refractivity (Wildman–Crippen MR) is 117 cm³/mol. The highest BCUT2D eigenvalue weighted by Crippen LogP contribution is 2.44. The van der Waals surface area contributed by atoms with Gasteiger partial charge in [0.15, 0.2) is 0 Å². The molecule has 0 saturated carbocycles. The number of halogens is 2. The number of hydrogen-bond donors (Lipinski definition) is 6. The minimum atomic E-state index is -0.168. The van der Waals surface area contributed by atoms with Gasteiger partial charge in [-0.1, -0.05) is 35.4 Å². The molecule has 0 aliphatic rings. The second-order valence-corrected chi connectivity index (χ2v) is 6.98. The molecular formula is C21H18Cl2N2O4. The first kappa shape index (κ1) is 20.5. The van der Waals surface area contributed by atoms with Crippen molar-refractivity contribution in [2.75, 3.05) is 10.6 Å². The zero-order valence-corrected chi connectivity index (χ0v) is 16.8. The molecule has 0 atom stereocenters. The van der Waals surface area contributed by atoms with E-state index in [1.807, 2.05) is 0 Å². The number of rotatable bonds is 5. The van der Waals surface area contributed by atoms with Crippen LogP contribution < -0.4 is 10.6 Å². The van der Waals surface area contributed by atoms with Crippen LogP contribution in [-0.4, -0.2) is 20.4 Å². The number of benzene rings is 3. The Bertz CT molecular complexity index is 1020. The van der Waals surface area contributed by atoms with E-state index in [9.17, 15) is 20.4 Å². The highest BCUT2D eigenvalue weighted by Gasteiger charge is 2.17. The van der Waals surface area contributed by atoms with Crippen molar-refractivity contribution >= 4 is 52.0 Å². The molecule has 0 bridgehead atoms. The Morgan fingerprint density at radius 3 is 1.55 bits per heavy atom. The van der Waals surface area contributed by atoms with E-state index in [0.717, 1.165) is 0 Å². The van der Waals surface area contributed by atoms with Gasteiger partial charge in [0, 0.05) is 11.4 Å². The van der Waals surface area contributed by atoms with Crippen LogP contribution >= 0.6 is 23.2 Å². The van der Waals surface area contributed by atoms with E-state index in [1.54, 1.807) is 31.2 Å². The molecule has 0 unspecified atom stereocenters. The van der Waals surface area contributed by atoms with E-state index < -0.39 is 0 Å². The lowest BCUT2D eigenvalue weighted by molar-refractivity contribution is 0.451. The lowest BCUT2D eigenvalue weighted by Gasteiger charge is -2.17. The predicted octanol–water partition coefficient (Wildman–Crippen LogP) is 6.34. The van der Waals surface area contributed by atoms with Crippen LogP contribution in [0.2, 0.25) is 10.0 Å². The summed E-state index contributed by atoms with van der Waals surface area (Å²) >= 11 is 11.9. The van der Waals surface area contributed by atoms with Crippen molar-refractivity contribution in [1.29, 1.82) is 0 Å². The standard InChI is InChI=1S/C21H18Cl2N2O4/c1-2-3-13-20(28)16(24-11-4-6-18(26)14(22)8-11)10-17(21(13)29)25-12-5-7-19(27)15(23)9-12/h2-10,24-29H,1H3/b3-2+. The van der Waals surface area contributed by atoms with Gasteiger partial charge in [0.25, 0.3) is 0 Å². The van der Waals surface area contributed by atoms with Crippen LogP contribution in [0.25, 0.3) is 6.08 Å². The van der Waals surface area contributed by atoms with Gasteiger partial charge in [-0.2, -0.15) is 0 Å². The summed E-state index contributed by atoms with van der Waals surface area (Å²) in [6, 6.07) is 10.6. The maximum atomic E-state index is 10.6. The van der Waals surface area contributed by atoms with Crippen LogP contribution in [0.4, 0.5) is 22.7 Å². The number of hydrogen-bond acceptors (Lipinski definition) is 6. The lowest BCUT2D eigenvalue weighted by atomic mass is 10.1. The minimum absolute atomic E-state index is 0.0617. The molecule has 0 fully saturated rings. The summed E-state index contributed by atoms with van der Waals surface area (Å²) in [4.78, 5) is 0. The van der Waals surface area contributed by atoms with E-state index >= 15 is 0 Å². The Balaban J connectivity index is 2.05. The van der Waals surface area contributed by atoms with Crippen molar-refractivity contribution in [1.82, 2.24) is 0 Å². The third kappa shape index (κ3) is 4.45. The van der Waals surface area contributed by atoms with Gasteiger partial charge in [-0.15, -0.1) is 0 Å². The maximum absolute atomic E-state index is 10.6. The molecule has 0 aliphatic heterocycles. The third-order valence-corrected chi connectivity index (χ3v) is 4.70. The van der Waals surface area contributed by atoms with Crippen molar-refractivity contribution in [2.24, 2.45) is 0 Å². The summed E-state index contributed by atoms with van der Waals surface area (Å²) < 4.78 is 0. The first-order valence-corrected chi connectivity index (χ1v) is 9.28. The van der Waals surface area contributed by atoms with Gasteiger partial charge >= 0.3 is 0 Å². The van der Waals surface area contributed by atoms with Crippen LogP contribution in [0.3, 0.4) is 0 Å². The highest BCUT2D eigenvalue weighted by atomic mass is 35.5. The molecule has 0 aliphatic carbocycles. The summed E-state index contributed by atoms with van der Waals surface area (Å²) in [6.45, 7) is 1.76. The summed E-state index contributed by atoms with van der Waals surface area (Å²) in [5.41, 5.74) is 1.85. The average molecular weight is 433 g/mol. The van der Waals surface area contributed by atoms with E-state index in [0.29, 0.717) is 22.7 Å². The maximum Gasteiger partial charge on any atom is 0.150 e. The molecule has 0 heterocycles. The van der Waals surface area contributed by atoms with Crippen LogP contribution in [0.1, 0.15) is 12.5 Å². The summed E-state index contributed by atoms with van der Waals surface area (Å²) in [7, 11) is 0. The van der Waals surface area contributed by atoms with Gasteiger partial charge in [0.05, 0.1) is 27.0 Å². The molecule has 150 valence electrons. The van der Waals surface area contributed by atoms with Gasteiger partial charge in [-0.25, -0.2) is 0 Å². The van der Waals surface area contributed by atoms with Crippen LogP contribution in [0.5, 0.6) is 23.0 Å². The lowest BCUT2D eigenvalue weighted by Crippen LogP contribution is -1.97. The molecule has 0 spiro atoms. The normalized spacial score (nSPS) is 11.0. The number of aromatic hydroxyl groups is 4. The minimum Gasteiger partial charge on any atom is -0.506 e. The van der Waals surface area contributed by atoms with Gasteiger partial charge in [-0.05, 0) is 49.4 Å². The molecule has 29 heavy (non-hydrogen) atoms. The van der Waals surface area contributed by atoms with Crippen LogP contribution in [-0.2, 0) is 0 Å². The summed E-state index contributed by atoms with van der Waals surface area (Å²) in [6.07, 6.45) is 3.24. The van der Waals surface area contributed by atoms with Crippen molar-refractivity contribution in [2.45, 2.75) is 6.92 Å². The molecule has 3 rings (SSSR count). The van der Waals surface area contributed by atoms with Gasteiger partial charge < -0.3 is 31.1 Å². The molecule has 3 aromatic rings. The molecule has 6 N–H and O–H groups in total. The van der Waals surface area contributed by atoms with Crippen molar-refractivity contribution in [3.63, 3.8) is 0 Å². The zero-order valence-electron chi connectivity index (χ0n) is 15.2. The Kier molecular flexibility index (Phi) is 5.96. The number of allylic oxidation sites excluding steroid dienone is 1. The van der Waals surface area contributed by atoms with E-state index in [4.69, 9.17) is 23.2 Å². The Morgan fingerprint density at radius 1 is 0.724 bits per heavy atom. The molecule has 0 aromatic heterocycles. The number of nitrogens with one attached hydrogen (secondary N) is 2. The van der Waals surface area contributed by atoms with Crippen molar-refractivity contribution in [3.8, 4) is 23.0 Å². The quantitative estimate of drug-likeness (QED) is 0.207. The molecule has 3 aromatic carbocycles. The molecule has 0 radical (unpaired) electrons. The second kappa shape index (κ2) is 8.43. The fourth-order valence-electron chi connectivity index (χ4n) is 2.68. The fourth-order valence-corrected chi connectivity index (χ4v) is 3.04. The summed E-state index contributed by atoms with van der Waals surface area (Å²) in [5.74, 6) is -0.459. The first-order chi connectivity index (χ1) is 13.8. The molecule has 0 saturated heterocycles. The van der Waals surface area contributed by atoms with Gasteiger partial charge in [-0.3, -0.25) is 0 Å². The highest BCUT2D eigenvalue weighted by molar-refractivity contribution is 6.32. The van der Waals surface area contributed by atoms with Gasteiger partial charge in [0.2, 0.25) is 0 Å². The number of anilines is 4. The smallest absolute Gasteiger partial charge is 0.150 e. The van der Waals surface area contributed by atoms with Gasteiger partial charge in [0.1, 0.15) is 23.0 Å². The van der Waals surface area contributed by atoms with Crippen molar-refractivity contribution in [3.05, 3.63) is 64.1 Å². The fraction of sp³-hybridized carbons (Fsp3) is 0.0476. The average Bonchev–Trinajstić information content (AvgIpc) is 2.68. The largest absolute Gasteiger partial charge is 0.506 e. The Labute approximate surface area is 177 Å². The Morgan fingerprint density at radius 2 is 1.17 bits per heavy atom. The summed E-state index contributed by atoms with van der Waals surface area (Å²) in [5, 5.41) is 46.7. The zero-order chi connectivity index (χ0) is 21.1. The van der Waals surface area contributed by atoms with Crippen LogP contribution in [0, 0.1) is 0 Å². The van der Waals surface area contributed by atoms with Crippen LogP contribution in [0.15, 0.2) is 48.5 Å². The SMILES string of the molecule is C/C=C/c1c(O)c(Nc2ccc(O)c(Cl)c2)cc(Nc2ccc(O)c(Cl)c2)c1O. The number of phenols is 4. The Hall–Kier alpha value is -3.22. The number of phenolic OH excluding ortho intramolecular Hbond substituents is 4. The monoisotopic (exact) mass is 432 g/mol. The van der Waals surface area contributed by atoms with Crippen molar-refractivity contribution < 1.29 is 20.4 Å². The van der Waals surface area contributed by atoms with E-state index in [1.165, 1.54) is 30.3 Å². The third-order valence-electron chi connectivity index (χ3n) is 4.10. The first-order valence-electron chi connectivity index (χ1n) is 8.53. The topological polar surface area (TPSA) is 105 Å². The molecule has 8 heteroatoms. The van der Waals surface area contributed by atoms with E-state index in [-0.39, 0.29) is 38.6 Å². The van der Waals surface area contributed by atoms with E-state index in [2.05, 4.69) is 10.6 Å². The second-order valence-electron chi connectivity index (χ2n) is 6.16.